The molecule has 4 nitrogen and oxygen atoms in total. The summed E-state index contributed by atoms with van der Waals surface area (Å²) in [6.07, 6.45) is -4.39. The average molecular weight is 318 g/mol. The first kappa shape index (κ1) is 18.3. The molecule has 1 aromatic carbocycles. The van der Waals surface area contributed by atoms with E-state index in [-0.39, 0.29) is 17.2 Å². The summed E-state index contributed by atoms with van der Waals surface area (Å²) >= 11 is 0. The molecule has 0 aromatic heterocycles. The van der Waals surface area contributed by atoms with Crippen LogP contribution in [0.3, 0.4) is 0 Å². The van der Waals surface area contributed by atoms with Crippen LogP contribution in [0.5, 0.6) is 0 Å². The molecule has 2 atom stereocenters. The highest BCUT2D eigenvalue weighted by molar-refractivity contribution is 5.89. The molecule has 0 spiro atoms. The number of aliphatic hydroxyl groups is 1. The average Bonchev–Trinajstić information content (AvgIpc) is 2.36. The van der Waals surface area contributed by atoms with Gasteiger partial charge in [-0.2, -0.15) is 13.2 Å². The summed E-state index contributed by atoms with van der Waals surface area (Å²) in [7, 11) is 0. The van der Waals surface area contributed by atoms with Crippen LogP contribution >= 0.6 is 0 Å². The topological polar surface area (TPSA) is 61.4 Å². The number of rotatable bonds is 5. The molecule has 2 unspecified atom stereocenters. The number of urea groups is 1. The Balaban J connectivity index is 2.62. The fraction of sp³-hybridized carbons (Fsp3) is 0.533. The molecular formula is C15H21F3N2O2. The molecule has 0 fully saturated rings. The van der Waals surface area contributed by atoms with Crippen LogP contribution in [0, 0.1) is 12.8 Å². The Morgan fingerprint density at radius 1 is 1.32 bits per heavy atom. The fourth-order valence-corrected chi connectivity index (χ4v) is 2.11. The number of hydrogen-bond acceptors (Lipinski definition) is 2. The molecule has 2 amide bonds. The van der Waals surface area contributed by atoms with Crippen molar-refractivity contribution in [3.63, 3.8) is 0 Å². The van der Waals surface area contributed by atoms with Crippen molar-refractivity contribution < 1.29 is 23.1 Å². The standard InChI is InChI=1S/C15H21F3N2O2/c1-9(6-11(3)21)8-19-14(22)20-12-5-4-10(2)13(7-12)15(16,17)18/h4-5,7,9,11,21H,6,8H2,1-3H3,(H2,19,20,22). The smallest absolute Gasteiger partial charge is 0.393 e. The van der Waals surface area contributed by atoms with E-state index in [4.69, 9.17) is 0 Å². The number of aryl methyl sites for hydroxylation is 1. The van der Waals surface area contributed by atoms with E-state index in [0.29, 0.717) is 13.0 Å². The van der Waals surface area contributed by atoms with Crippen LogP contribution < -0.4 is 10.6 Å². The number of anilines is 1. The van der Waals surface area contributed by atoms with Gasteiger partial charge in [0.2, 0.25) is 0 Å². The molecule has 22 heavy (non-hydrogen) atoms. The van der Waals surface area contributed by atoms with Gasteiger partial charge in [0.15, 0.2) is 0 Å². The van der Waals surface area contributed by atoms with Gasteiger partial charge in [0, 0.05) is 12.2 Å². The maximum Gasteiger partial charge on any atom is 0.416 e. The van der Waals surface area contributed by atoms with Crippen molar-refractivity contribution in [1.82, 2.24) is 5.32 Å². The summed E-state index contributed by atoms with van der Waals surface area (Å²) in [6, 6.07) is 3.07. The zero-order valence-electron chi connectivity index (χ0n) is 12.8. The van der Waals surface area contributed by atoms with E-state index >= 15 is 0 Å². The summed E-state index contributed by atoms with van der Waals surface area (Å²) in [6.45, 7) is 5.21. The summed E-state index contributed by atoms with van der Waals surface area (Å²) in [5.41, 5.74) is -0.588. The molecule has 0 saturated carbocycles. The highest BCUT2D eigenvalue weighted by atomic mass is 19.4. The zero-order chi connectivity index (χ0) is 16.9. The largest absolute Gasteiger partial charge is 0.416 e. The van der Waals surface area contributed by atoms with Gasteiger partial charge in [0.1, 0.15) is 0 Å². The number of alkyl halides is 3. The van der Waals surface area contributed by atoms with Gasteiger partial charge in [0.05, 0.1) is 11.7 Å². The second-order valence-corrected chi connectivity index (χ2v) is 5.55. The van der Waals surface area contributed by atoms with E-state index < -0.39 is 23.9 Å². The first-order valence-electron chi connectivity index (χ1n) is 7.00. The van der Waals surface area contributed by atoms with Crippen LogP contribution in [-0.2, 0) is 6.18 Å². The minimum Gasteiger partial charge on any atom is -0.393 e. The van der Waals surface area contributed by atoms with Crippen molar-refractivity contribution in [2.24, 2.45) is 5.92 Å². The van der Waals surface area contributed by atoms with Gasteiger partial charge in [-0.3, -0.25) is 0 Å². The molecular weight excluding hydrogens is 297 g/mol. The Labute approximate surface area is 127 Å². The Morgan fingerprint density at radius 2 is 1.95 bits per heavy atom. The second-order valence-electron chi connectivity index (χ2n) is 5.55. The molecule has 1 aromatic rings. The van der Waals surface area contributed by atoms with Crippen molar-refractivity contribution >= 4 is 11.7 Å². The number of benzene rings is 1. The zero-order valence-corrected chi connectivity index (χ0v) is 12.8. The summed E-state index contributed by atoms with van der Waals surface area (Å²) in [5.74, 6) is 0.0644. The normalized spacial score (nSPS) is 14.3. The van der Waals surface area contributed by atoms with Crippen LogP contribution in [0.2, 0.25) is 0 Å². The number of nitrogens with one attached hydrogen (secondary N) is 2. The fourth-order valence-electron chi connectivity index (χ4n) is 2.11. The van der Waals surface area contributed by atoms with E-state index in [9.17, 15) is 23.1 Å². The van der Waals surface area contributed by atoms with Crippen molar-refractivity contribution in [1.29, 1.82) is 0 Å². The van der Waals surface area contributed by atoms with Crippen LogP contribution in [0.15, 0.2) is 18.2 Å². The maximum absolute atomic E-state index is 12.8. The Hall–Kier alpha value is -1.76. The minimum atomic E-state index is -4.45. The SMILES string of the molecule is Cc1ccc(NC(=O)NCC(C)CC(C)O)cc1C(F)(F)F. The molecule has 7 heteroatoms. The molecule has 0 radical (unpaired) electrons. The summed E-state index contributed by atoms with van der Waals surface area (Å²) in [5, 5.41) is 14.2. The lowest BCUT2D eigenvalue weighted by molar-refractivity contribution is -0.138. The van der Waals surface area contributed by atoms with Gasteiger partial charge in [-0.1, -0.05) is 13.0 Å². The Kier molecular flexibility index (Phi) is 6.22. The first-order valence-corrected chi connectivity index (χ1v) is 7.00. The Bertz CT molecular complexity index is 516. The summed E-state index contributed by atoms with van der Waals surface area (Å²) < 4.78 is 38.4. The predicted molar refractivity (Wildman–Crippen MR) is 78.7 cm³/mol. The predicted octanol–water partition coefficient (Wildman–Crippen LogP) is 3.54. The van der Waals surface area contributed by atoms with Crippen molar-refractivity contribution in [3.05, 3.63) is 29.3 Å². The van der Waals surface area contributed by atoms with Gasteiger partial charge < -0.3 is 15.7 Å². The minimum absolute atomic E-state index is 0.0644. The van der Waals surface area contributed by atoms with E-state index in [1.165, 1.54) is 19.1 Å². The first-order chi connectivity index (χ1) is 10.1. The van der Waals surface area contributed by atoms with E-state index in [2.05, 4.69) is 10.6 Å². The van der Waals surface area contributed by atoms with Gasteiger partial charge in [0.25, 0.3) is 0 Å². The lowest BCUT2D eigenvalue weighted by Crippen LogP contribution is -2.33. The van der Waals surface area contributed by atoms with Crippen LogP contribution in [0.25, 0.3) is 0 Å². The van der Waals surface area contributed by atoms with E-state index in [1.54, 1.807) is 6.92 Å². The summed E-state index contributed by atoms with van der Waals surface area (Å²) in [4.78, 5) is 11.7. The number of halogens is 3. The second kappa shape index (κ2) is 7.49. The van der Waals surface area contributed by atoms with Gasteiger partial charge in [-0.15, -0.1) is 0 Å². The highest BCUT2D eigenvalue weighted by Crippen LogP contribution is 2.33. The number of aliphatic hydroxyl groups excluding tert-OH is 1. The molecule has 124 valence electrons. The molecule has 3 N–H and O–H groups in total. The third kappa shape index (κ3) is 5.93. The number of carbonyl (C=O) groups excluding carboxylic acids is 1. The molecule has 1 rings (SSSR count). The third-order valence-corrected chi connectivity index (χ3v) is 3.16. The van der Waals surface area contributed by atoms with Crippen LogP contribution in [0.1, 0.15) is 31.4 Å². The van der Waals surface area contributed by atoms with Gasteiger partial charge in [-0.25, -0.2) is 4.79 Å². The molecule has 0 bridgehead atoms. The maximum atomic E-state index is 12.8. The number of carbonyl (C=O) groups is 1. The monoisotopic (exact) mass is 318 g/mol. The lowest BCUT2D eigenvalue weighted by atomic mass is 10.1. The van der Waals surface area contributed by atoms with Gasteiger partial charge in [-0.05, 0) is 43.9 Å². The molecule has 0 aliphatic rings. The lowest BCUT2D eigenvalue weighted by Gasteiger charge is -2.16. The molecule has 0 aliphatic heterocycles. The van der Waals surface area contributed by atoms with Crippen molar-refractivity contribution in [2.75, 3.05) is 11.9 Å². The number of amides is 2. The quantitative estimate of drug-likeness (QED) is 0.777. The third-order valence-electron chi connectivity index (χ3n) is 3.16. The van der Waals surface area contributed by atoms with E-state index in [1.807, 2.05) is 6.92 Å². The molecule has 0 heterocycles. The number of hydrogen-bond donors (Lipinski definition) is 3. The Morgan fingerprint density at radius 3 is 2.50 bits per heavy atom. The van der Waals surface area contributed by atoms with Gasteiger partial charge >= 0.3 is 12.2 Å². The van der Waals surface area contributed by atoms with E-state index in [0.717, 1.165) is 6.07 Å². The molecule has 0 aliphatic carbocycles. The van der Waals surface area contributed by atoms with Crippen LogP contribution in [-0.4, -0.2) is 23.8 Å². The van der Waals surface area contributed by atoms with Crippen LogP contribution in [0.4, 0.5) is 23.7 Å². The van der Waals surface area contributed by atoms with Crippen molar-refractivity contribution in [3.8, 4) is 0 Å². The highest BCUT2D eigenvalue weighted by Gasteiger charge is 2.32. The molecule has 0 saturated heterocycles. The van der Waals surface area contributed by atoms with Crippen molar-refractivity contribution in [2.45, 2.75) is 39.5 Å².